The maximum atomic E-state index is 12.9. The molecule has 3 aromatic rings. The van der Waals surface area contributed by atoms with E-state index in [2.05, 4.69) is 15.8 Å². The highest BCUT2D eigenvalue weighted by Crippen LogP contribution is 2.25. The summed E-state index contributed by atoms with van der Waals surface area (Å²) in [6.45, 7) is 3.71. The van der Waals surface area contributed by atoms with Gasteiger partial charge in [0.1, 0.15) is 0 Å². The summed E-state index contributed by atoms with van der Waals surface area (Å²) in [6.07, 6.45) is 1.82. The standard InChI is InChI=1S/C24H25ClN4O3/c1-16-7-9-20(10-8-16)27-24(31)26-14-17-4-3-11-29(15-17)23(30)21-13-22(32-28-21)18-5-2-6-19(25)12-18/h2,5-10,12-13,17H,3-4,11,14-15H2,1H3,(H2,26,27,31). The van der Waals surface area contributed by atoms with E-state index >= 15 is 0 Å². The fraction of sp³-hybridized carbons (Fsp3) is 0.292. The normalized spacial score (nSPS) is 15.9. The first-order valence-electron chi connectivity index (χ1n) is 10.6. The Morgan fingerprint density at radius 1 is 1.19 bits per heavy atom. The second kappa shape index (κ2) is 9.87. The molecule has 7 nitrogen and oxygen atoms in total. The van der Waals surface area contributed by atoms with Crippen molar-refractivity contribution in [1.82, 2.24) is 15.4 Å². The summed E-state index contributed by atoms with van der Waals surface area (Å²) in [6, 6.07) is 16.2. The molecule has 0 spiro atoms. The van der Waals surface area contributed by atoms with Crippen LogP contribution in [0, 0.1) is 12.8 Å². The molecule has 2 heterocycles. The molecule has 0 saturated carbocycles. The first-order chi connectivity index (χ1) is 15.5. The van der Waals surface area contributed by atoms with E-state index in [9.17, 15) is 9.59 Å². The van der Waals surface area contributed by atoms with Crippen molar-refractivity contribution >= 4 is 29.2 Å². The van der Waals surface area contributed by atoms with Crippen molar-refractivity contribution in [3.8, 4) is 11.3 Å². The van der Waals surface area contributed by atoms with Crippen molar-refractivity contribution in [2.75, 3.05) is 25.0 Å². The molecule has 1 aliphatic rings. The molecule has 166 valence electrons. The van der Waals surface area contributed by atoms with Crippen LogP contribution in [0.5, 0.6) is 0 Å². The van der Waals surface area contributed by atoms with Crippen LogP contribution in [0.15, 0.2) is 59.1 Å². The Kier molecular flexibility index (Phi) is 6.75. The molecule has 1 aromatic heterocycles. The van der Waals surface area contributed by atoms with Gasteiger partial charge in [0.05, 0.1) is 0 Å². The van der Waals surface area contributed by atoms with E-state index in [4.69, 9.17) is 16.1 Å². The number of carbonyl (C=O) groups is 2. The number of aryl methyl sites for hydroxylation is 1. The van der Waals surface area contributed by atoms with Crippen LogP contribution in [-0.4, -0.2) is 41.6 Å². The van der Waals surface area contributed by atoms with E-state index in [1.165, 1.54) is 0 Å². The minimum absolute atomic E-state index is 0.171. The highest BCUT2D eigenvalue weighted by atomic mass is 35.5. The van der Waals surface area contributed by atoms with Crippen molar-refractivity contribution in [1.29, 1.82) is 0 Å². The molecule has 1 saturated heterocycles. The third-order valence-electron chi connectivity index (χ3n) is 5.51. The quantitative estimate of drug-likeness (QED) is 0.571. The van der Waals surface area contributed by atoms with Crippen molar-refractivity contribution in [2.24, 2.45) is 5.92 Å². The van der Waals surface area contributed by atoms with Crippen LogP contribution < -0.4 is 10.6 Å². The van der Waals surface area contributed by atoms with Crippen LogP contribution in [0.3, 0.4) is 0 Å². The van der Waals surface area contributed by atoms with Gasteiger partial charge in [-0.15, -0.1) is 0 Å². The zero-order valence-corrected chi connectivity index (χ0v) is 18.6. The number of halogens is 1. The minimum atomic E-state index is -0.250. The lowest BCUT2D eigenvalue weighted by atomic mass is 9.97. The Labute approximate surface area is 191 Å². The lowest BCUT2D eigenvalue weighted by Crippen LogP contribution is -2.44. The van der Waals surface area contributed by atoms with E-state index in [-0.39, 0.29) is 23.6 Å². The summed E-state index contributed by atoms with van der Waals surface area (Å²) >= 11 is 6.03. The molecule has 1 atom stereocenters. The minimum Gasteiger partial charge on any atom is -0.355 e. The first kappa shape index (κ1) is 21.9. The summed E-state index contributed by atoms with van der Waals surface area (Å²) in [5.41, 5.74) is 2.92. The van der Waals surface area contributed by atoms with Crippen LogP contribution in [0.1, 0.15) is 28.9 Å². The van der Waals surface area contributed by atoms with Gasteiger partial charge in [0.15, 0.2) is 11.5 Å². The highest BCUT2D eigenvalue weighted by Gasteiger charge is 2.27. The number of anilines is 1. The average molecular weight is 453 g/mol. The van der Waals surface area contributed by atoms with Crippen molar-refractivity contribution in [2.45, 2.75) is 19.8 Å². The largest absolute Gasteiger partial charge is 0.355 e. The van der Waals surface area contributed by atoms with Gasteiger partial charge in [-0.3, -0.25) is 4.79 Å². The molecule has 1 aliphatic heterocycles. The maximum absolute atomic E-state index is 12.9. The van der Waals surface area contributed by atoms with Gasteiger partial charge >= 0.3 is 6.03 Å². The zero-order valence-electron chi connectivity index (χ0n) is 17.8. The van der Waals surface area contributed by atoms with Gasteiger partial charge in [-0.2, -0.15) is 0 Å². The number of hydrogen-bond acceptors (Lipinski definition) is 4. The van der Waals surface area contributed by atoms with Crippen molar-refractivity contribution in [3.05, 3.63) is 70.9 Å². The molecule has 1 unspecified atom stereocenters. The smallest absolute Gasteiger partial charge is 0.319 e. The number of carbonyl (C=O) groups excluding carboxylic acids is 2. The number of hydrogen-bond donors (Lipinski definition) is 2. The van der Waals surface area contributed by atoms with E-state index < -0.39 is 0 Å². The zero-order chi connectivity index (χ0) is 22.5. The number of nitrogens with zero attached hydrogens (tertiary/aromatic N) is 2. The topological polar surface area (TPSA) is 87.5 Å². The monoisotopic (exact) mass is 452 g/mol. The molecule has 3 amide bonds. The van der Waals surface area contributed by atoms with Gasteiger partial charge in [0.25, 0.3) is 5.91 Å². The van der Waals surface area contributed by atoms with Crippen LogP contribution in [0.4, 0.5) is 10.5 Å². The molecule has 0 bridgehead atoms. The Morgan fingerprint density at radius 2 is 2.00 bits per heavy atom. The van der Waals surface area contributed by atoms with Gasteiger partial charge in [-0.1, -0.05) is 46.6 Å². The molecule has 2 N–H and O–H groups in total. The molecular formula is C24H25ClN4O3. The number of likely N-dealkylation sites (tertiary alicyclic amines) is 1. The summed E-state index contributed by atoms with van der Waals surface area (Å²) < 4.78 is 5.37. The fourth-order valence-corrected chi connectivity index (χ4v) is 3.97. The van der Waals surface area contributed by atoms with E-state index in [0.717, 1.165) is 29.7 Å². The second-order valence-corrected chi connectivity index (χ2v) is 8.48. The maximum Gasteiger partial charge on any atom is 0.319 e. The summed E-state index contributed by atoms with van der Waals surface area (Å²) in [5.74, 6) is 0.505. The molecule has 2 aromatic carbocycles. The SMILES string of the molecule is Cc1ccc(NC(=O)NCC2CCCN(C(=O)c3cc(-c4cccc(Cl)c4)on3)C2)cc1. The predicted octanol–water partition coefficient (Wildman–Crippen LogP) is 4.98. The number of nitrogens with one attached hydrogen (secondary N) is 2. The van der Waals surface area contributed by atoms with Crippen LogP contribution in [0.2, 0.25) is 5.02 Å². The molecule has 8 heteroatoms. The molecule has 0 aliphatic carbocycles. The molecule has 4 rings (SSSR count). The number of piperidine rings is 1. The Morgan fingerprint density at radius 3 is 2.78 bits per heavy atom. The third-order valence-corrected chi connectivity index (χ3v) is 5.74. The predicted molar refractivity (Wildman–Crippen MR) is 124 cm³/mol. The van der Waals surface area contributed by atoms with E-state index in [0.29, 0.717) is 30.4 Å². The third kappa shape index (κ3) is 5.48. The van der Waals surface area contributed by atoms with Crippen LogP contribution >= 0.6 is 11.6 Å². The number of amides is 3. The molecule has 0 radical (unpaired) electrons. The van der Waals surface area contributed by atoms with Gasteiger partial charge in [0.2, 0.25) is 0 Å². The van der Waals surface area contributed by atoms with Gasteiger partial charge in [-0.25, -0.2) is 4.79 Å². The van der Waals surface area contributed by atoms with Crippen LogP contribution in [0.25, 0.3) is 11.3 Å². The van der Waals surface area contributed by atoms with E-state index in [1.54, 1.807) is 23.1 Å². The molecular weight excluding hydrogens is 428 g/mol. The van der Waals surface area contributed by atoms with Crippen molar-refractivity contribution < 1.29 is 14.1 Å². The number of urea groups is 1. The lowest BCUT2D eigenvalue weighted by Gasteiger charge is -2.32. The number of rotatable bonds is 5. The molecule has 1 fully saturated rings. The summed E-state index contributed by atoms with van der Waals surface area (Å²) in [5, 5.41) is 10.3. The van der Waals surface area contributed by atoms with Crippen molar-refractivity contribution in [3.63, 3.8) is 0 Å². The van der Waals surface area contributed by atoms with Gasteiger partial charge in [0, 0.05) is 42.0 Å². The van der Waals surface area contributed by atoms with E-state index in [1.807, 2.05) is 43.3 Å². The average Bonchev–Trinajstić information content (AvgIpc) is 3.29. The molecule has 32 heavy (non-hydrogen) atoms. The Hall–Kier alpha value is -3.32. The Bertz CT molecular complexity index is 1100. The highest BCUT2D eigenvalue weighted by molar-refractivity contribution is 6.30. The fourth-order valence-electron chi connectivity index (χ4n) is 3.78. The second-order valence-electron chi connectivity index (χ2n) is 8.05. The Balaban J connectivity index is 1.31. The summed E-state index contributed by atoms with van der Waals surface area (Å²) in [7, 11) is 0. The van der Waals surface area contributed by atoms with Gasteiger partial charge in [-0.05, 0) is 49.9 Å². The number of benzene rings is 2. The lowest BCUT2D eigenvalue weighted by molar-refractivity contribution is 0.0665. The van der Waals surface area contributed by atoms with Crippen LogP contribution in [-0.2, 0) is 0 Å². The number of aromatic nitrogens is 1. The first-order valence-corrected chi connectivity index (χ1v) is 11.0. The summed E-state index contributed by atoms with van der Waals surface area (Å²) in [4.78, 5) is 26.9. The van der Waals surface area contributed by atoms with Gasteiger partial charge < -0.3 is 20.1 Å².